The van der Waals surface area contributed by atoms with Crippen molar-refractivity contribution >= 4 is 24.2 Å². The van der Waals surface area contributed by atoms with E-state index >= 15 is 0 Å². The van der Waals surface area contributed by atoms with Gasteiger partial charge >= 0.3 is 24.2 Å². The van der Waals surface area contributed by atoms with E-state index in [9.17, 15) is 24.3 Å². The van der Waals surface area contributed by atoms with E-state index in [1.165, 1.54) is 18.2 Å². The average molecular weight is 554 g/mol. The van der Waals surface area contributed by atoms with E-state index in [1.54, 1.807) is 48.5 Å². The van der Waals surface area contributed by atoms with Gasteiger partial charge in [-0.15, -0.1) is 0 Å². The normalized spacial score (nSPS) is 14.0. The van der Waals surface area contributed by atoms with Gasteiger partial charge in [0.2, 0.25) is 0 Å². The van der Waals surface area contributed by atoms with Crippen LogP contribution in [0.2, 0.25) is 0 Å². The quantitative estimate of drug-likeness (QED) is 0.198. The molecule has 0 amide bonds. The number of rotatable bonds is 12. The van der Waals surface area contributed by atoms with E-state index in [-0.39, 0.29) is 36.4 Å². The zero-order valence-electron chi connectivity index (χ0n) is 24.4. The van der Waals surface area contributed by atoms with Gasteiger partial charge in [-0.05, 0) is 78.5 Å². The molecule has 1 aromatic rings. The maximum Gasteiger partial charge on any atom is 0.514 e. The van der Waals surface area contributed by atoms with Crippen LogP contribution in [-0.4, -0.2) is 59.2 Å². The van der Waals surface area contributed by atoms with Gasteiger partial charge in [0.15, 0.2) is 11.5 Å². The third-order valence-electron chi connectivity index (χ3n) is 5.11. The van der Waals surface area contributed by atoms with Crippen LogP contribution in [0.1, 0.15) is 80.7 Å². The Kier molecular flexibility index (Phi) is 12.7. The Morgan fingerprint density at radius 2 is 1.44 bits per heavy atom. The summed E-state index contributed by atoms with van der Waals surface area (Å²) >= 11 is 0. The van der Waals surface area contributed by atoms with Gasteiger partial charge in [-0.3, -0.25) is 9.59 Å². The molecule has 1 aromatic carbocycles. The number of esters is 1. The maximum absolute atomic E-state index is 12.3. The molecule has 0 radical (unpaired) electrons. The molecule has 0 fully saturated rings. The minimum absolute atomic E-state index is 0.0136. The molecule has 2 N–H and O–H groups in total. The number of benzene rings is 1. The van der Waals surface area contributed by atoms with Crippen molar-refractivity contribution in [1.82, 2.24) is 5.32 Å². The Morgan fingerprint density at radius 3 is 1.92 bits per heavy atom. The number of carboxylic acid groups (broad SMARTS) is 1. The number of ether oxygens (including phenoxy) is 5. The average Bonchev–Trinajstić information content (AvgIpc) is 2.75. The predicted octanol–water partition coefficient (Wildman–Crippen LogP) is 5.27. The van der Waals surface area contributed by atoms with Gasteiger partial charge in [0, 0.05) is 13.0 Å². The van der Waals surface area contributed by atoms with Crippen molar-refractivity contribution in [2.45, 2.75) is 105 Å². The zero-order valence-corrected chi connectivity index (χ0v) is 24.4. The topological polar surface area (TPSA) is 147 Å². The zero-order chi connectivity index (χ0) is 30.0. The molecular weight excluding hydrogens is 510 g/mol. The second-order valence-corrected chi connectivity index (χ2v) is 11.4. The van der Waals surface area contributed by atoms with Crippen molar-refractivity contribution in [3.8, 4) is 11.5 Å². The monoisotopic (exact) mass is 553 g/mol. The van der Waals surface area contributed by atoms with Crippen LogP contribution in [0.25, 0.3) is 0 Å². The van der Waals surface area contributed by atoms with Crippen molar-refractivity contribution < 1.29 is 48.0 Å². The first-order chi connectivity index (χ1) is 17.9. The molecule has 0 heterocycles. The van der Waals surface area contributed by atoms with E-state index in [1.807, 2.05) is 13.8 Å². The highest BCUT2D eigenvalue weighted by Gasteiger charge is 2.25. The van der Waals surface area contributed by atoms with Gasteiger partial charge in [0.25, 0.3) is 0 Å². The molecule has 0 aliphatic carbocycles. The Bertz CT molecular complexity index is 993. The number of hydrogen-bond acceptors (Lipinski definition) is 10. The molecule has 0 saturated heterocycles. The van der Waals surface area contributed by atoms with Crippen LogP contribution in [0.3, 0.4) is 0 Å². The molecule has 0 aliphatic rings. The highest BCUT2D eigenvalue weighted by atomic mass is 16.8. The molecule has 0 aliphatic heterocycles. The second-order valence-electron chi connectivity index (χ2n) is 11.4. The van der Waals surface area contributed by atoms with E-state index in [0.717, 1.165) is 6.42 Å². The first-order valence-corrected chi connectivity index (χ1v) is 13.0. The molecule has 3 atom stereocenters. The van der Waals surface area contributed by atoms with Gasteiger partial charge in [-0.2, -0.15) is 0 Å². The van der Waals surface area contributed by atoms with E-state index in [2.05, 4.69) is 5.32 Å². The Hall–Kier alpha value is -3.34. The van der Waals surface area contributed by atoms with Crippen molar-refractivity contribution in [3.63, 3.8) is 0 Å². The van der Waals surface area contributed by atoms with Gasteiger partial charge in [-0.25, -0.2) is 9.59 Å². The fourth-order valence-electron chi connectivity index (χ4n) is 3.10. The predicted molar refractivity (Wildman–Crippen MR) is 143 cm³/mol. The third kappa shape index (κ3) is 14.4. The van der Waals surface area contributed by atoms with Gasteiger partial charge in [-0.1, -0.05) is 26.3 Å². The van der Waals surface area contributed by atoms with Crippen molar-refractivity contribution in [2.75, 3.05) is 6.54 Å². The summed E-state index contributed by atoms with van der Waals surface area (Å²) in [5.74, 6) is -1.53. The molecule has 0 saturated carbocycles. The maximum atomic E-state index is 12.3. The van der Waals surface area contributed by atoms with E-state index < -0.39 is 41.6 Å². The van der Waals surface area contributed by atoms with Gasteiger partial charge in [0.05, 0.1) is 0 Å². The number of carboxylic acids is 1. The number of hydrogen-bond donors (Lipinski definition) is 2. The van der Waals surface area contributed by atoms with Crippen LogP contribution in [-0.2, 0) is 30.2 Å². The number of nitrogens with one attached hydrogen (secondary N) is 1. The van der Waals surface area contributed by atoms with Crippen LogP contribution in [0.15, 0.2) is 18.2 Å². The summed E-state index contributed by atoms with van der Waals surface area (Å²) in [6.45, 7) is 15.7. The number of carbonyl (C=O) groups is 4. The molecule has 0 bridgehead atoms. The molecule has 2 unspecified atom stereocenters. The summed E-state index contributed by atoms with van der Waals surface area (Å²) in [6.07, 6.45) is -1.45. The smallest absolute Gasteiger partial charge is 0.480 e. The lowest BCUT2D eigenvalue weighted by Crippen LogP contribution is -2.42. The van der Waals surface area contributed by atoms with E-state index in [4.69, 9.17) is 23.7 Å². The first-order valence-electron chi connectivity index (χ1n) is 13.0. The standard InChI is InChI=1S/C28H43NO10/c1-10-17(2)13-23(30)35-18(3)16-29-20(24(31)32)14-19-11-12-21(36-25(33)38-27(4,5)6)22(15-19)37-26(34)39-28(7,8)9/h11-12,15,17-18,20,29H,10,13-14,16H2,1-9H3,(H,31,32)/t17?,18?,20-/m0/s1. The Labute approximate surface area is 230 Å². The molecule has 0 spiro atoms. The van der Waals surface area contributed by atoms with Crippen molar-refractivity contribution in [3.05, 3.63) is 23.8 Å². The van der Waals surface area contributed by atoms with Gasteiger partial charge < -0.3 is 34.1 Å². The van der Waals surface area contributed by atoms with Crippen LogP contribution >= 0.6 is 0 Å². The first kappa shape index (κ1) is 33.7. The molecule has 39 heavy (non-hydrogen) atoms. The molecule has 0 aromatic heterocycles. The largest absolute Gasteiger partial charge is 0.514 e. The molecular formula is C28H43NO10. The minimum atomic E-state index is -1.13. The summed E-state index contributed by atoms with van der Waals surface area (Å²) in [5, 5.41) is 12.6. The van der Waals surface area contributed by atoms with Crippen LogP contribution < -0.4 is 14.8 Å². The lowest BCUT2D eigenvalue weighted by molar-refractivity contribution is -0.149. The number of carbonyl (C=O) groups excluding carboxylic acids is 3. The summed E-state index contributed by atoms with van der Waals surface area (Å²) in [5.41, 5.74) is -1.19. The Morgan fingerprint density at radius 1 is 0.897 bits per heavy atom. The van der Waals surface area contributed by atoms with Crippen LogP contribution in [0.4, 0.5) is 9.59 Å². The van der Waals surface area contributed by atoms with Crippen molar-refractivity contribution in [1.29, 1.82) is 0 Å². The highest BCUT2D eigenvalue weighted by molar-refractivity contribution is 5.74. The highest BCUT2D eigenvalue weighted by Crippen LogP contribution is 2.31. The molecule has 220 valence electrons. The lowest BCUT2D eigenvalue weighted by atomic mass is 10.0. The third-order valence-corrected chi connectivity index (χ3v) is 5.11. The molecule has 11 nitrogen and oxygen atoms in total. The summed E-state index contributed by atoms with van der Waals surface area (Å²) in [7, 11) is 0. The van der Waals surface area contributed by atoms with Crippen LogP contribution in [0, 0.1) is 5.92 Å². The second kappa shape index (κ2) is 14.7. The molecule has 1 rings (SSSR count). The van der Waals surface area contributed by atoms with Crippen molar-refractivity contribution in [2.24, 2.45) is 5.92 Å². The van der Waals surface area contributed by atoms with Crippen LogP contribution in [0.5, 0.6) is 11.5 Å². The fraction of sp³-hybridized carbons (Fsp3) is 0.643. The molecule has 11 heteroatoms. The Balaban J connectivity index is 3.03. The van der Waals surface area contributed by atoms with Gasteiger partial charge in [0.1, 0.15) is 23.3 Å². The summed E-state index contributed by atoms with van der Waals surface area (Å²) in [4.78, 5) is 48.5. The fourth-order valence-corrected chi connectivity index (χ4v) is 3.10. The lowest BCUT2D eigenvalue weighted by Gasteiger charge is -2.21. The number of aliphatic carboxylic acids is 1. The SMILES string of the molecule is CCC(C)CC(=O)OC(C)CN[C@@H](Cc1ccc(OC(=O)OC(C)(C)C)c(OC(=O)OC(C)(C)C)c1)C(=O)O. The van der Waals surface area contributed by atoms with E-state index in [0.29, 0.717) is 12.0 Å². The minimum Gasteiger partial charge on any atom is -0.480 e. The summed E-state index contributed by atoms with van der Waals surface area (Å²) < 4.78 is 26.3. The summed E-state index contributed by atoms with van der Waals surface area (Å²) in [6, 6.07) is 3.25.